The van der Waals surface area contributed by atoms with Crippen LogP contribution in [0.1, 0.15) is 19.3 Å². The molecule has 1 N–H and O–H groups in total. The maximum absolute atomic E-state index is 11.8. The molecule has 10 heavy (non-hydrogen) atoms. The van der Waals surface area contributed by atoms with Crippen molar-refractivity contribution in [3.05, 3.63) is 0 Å². The van der Waals surface area contributed by atoms with E-state index in [1.54, 1.807) is 0 Å². The molecule has 1 aliphatic rings. The summed E-state index contributed by atoms with van der Waals surface area (Å²) in [5, 5.41) is 10.2. The zero-order valence-corrected chi connectivity index (χ0v) is 6.09. The van der Waals surface area contributed by atoms with E-state index in [2.05, 4.69) is 0 Å². The van der Waals surface area contributed by atoms with Crippen molar-refractivity contribution in [2.75, 3.05) is 19.8 Å². The Morgan fingerprint density at radius 3 is 2.50 bits per heavy atom. The molecule has 60 valence electrons. The molecule has 1 aliphatic heterocycles. The van der Waals surface area contributed by atoms with Crippen LogP contribution in [0.3, 0.4) is 0 Å². The Hall–Kier alpha value is -0.150. The summed E-state index contributed by atoms with van der Waals surface area (Å²) < 4.78 is 11.8. The van der Waals surface area contributed by atoms with Crippen molar-refractivity contribution < 1.29 is 9.60 Å². The van der Waals surface area contributed by atoms with E-state index in [0.717, 1.165) is 12.8 Å². The summed E-state index contributed by atoms with van der Waals surface area (Å²) in [6.45, 7) is 1.21. The molecule has 0 aromatic rings. The van der Waals surface area contributed by atoms with Crippen LogP contribution in [0.25, 0.3) is 0 Å². The van der Waals surface area contributed by atoms with Gasteiger partial charge in [-0.1, -0.05) is 0 Å². The van der Waals surface area contributed by atoms with E-state index in [1.807, 2.05) is 0 Å². The third kappa shape index (κ3) is 2.23. The molecular formula is C7H14FNO. The lowest BCUT2D eigenvalue weighted by Gasteiger charge is -2.26. The van der Waals surface area contributed by atoms with Gasteiger partial charge in [0.2, 0.25) is 0 Å². The fraction of sp³-hybridized carbons (Fsp3) is 1.00. The van der Waals surface area contributed by atoms with Gasteiger partial charge in [0.05, 0.1) is 6.67 Å². The van der Waals surface area contributed by atoms with Gasteiger partial charge in [-0.15, -0.1) is 0 Å². The van der Waals surface area contributed by atoms with Crippen molar-refractivity contribution in [3.8, 4) is 0 Å². The van der Waals surface area contributed by atoms with E-state index in [-0.39, 0.29) is 6.67 Å². The lowest BCUT2D eigenvalue weighted by molar-refractivity contribution is -0.112. The molecule has 2 nitrogen and oxygen atoms in total. The third-order valence-corrected chi connectivity index (χ3v) is 2.11. The quantitative estimate of drug-likeness (QED) is 0.639. The number of nitrogens with zero attached hydrogens (tertiary/aromatic N) is 1. The minimum Gasteiger partial charge on any atom is -0.314 e. The van der Waals surface area contributed by atoms with Gasteiger partial charge >= 0.3 is 0 Å². The van der Waals surface area contributed by atoms with Gasteiger partial charge in [0.15, 0.2) is 0 Å². The first kappa shape index (κ1) is 7.95. The molecule has 0 aromatic heterocycles. The van der Waals surface area contributed by atoms with Crippen LogP contribution in [0.5, 0.6) is 0 Å². The average Bonchev–Trinajstić information content (AvgIpc) is 1.95. The Balaban J connectivity index is 2.13. The summed E-state index contributed by atoms with van der Waals surface area (Å²) in [5.41, 5.74) is 0. The highest BCUT2D eigenvalue weighted by molar-refractivity contribution is 4.66. The van der Waals surface area contributed by atoms with Crippen molar-refractivity contribution in [1.82, 2.24) is 5.06 Å². The molecule has 3 heteroatoms. The fourth-order valence-corrected chi connectivity index (χ4v) is 1.36. The molecule has 1 fully saturated rings. The second-order valence-corrected chi connectivity index (χ2v) is 2.87. The summed E-state index contributed by atoms with van der Waals surface area (Å²) in [6, 6.07) is 0. The summed E-state index contributed by atoms with van der Waals surface area (Å²) in [5.74, 6) is 0.508. The average molecular weight is 147 g/mol. The molecule has 0 amide bonds. The molecule has 0 radical (unpaired) electrons. The second kappa shape index (κ2) is 3.88. The van der Waals surface area contributed by atoms with Crippen molar-refractivity contribution in [3.63, 3.8) is 0 Å². The van der Waals surface area contributed by atoms with E-state index in [4.69, 9.17) is 5.21 Å². The van der Waals surface area contributed by atoms with E-state index < -0.39 is 0 Å². The van der Waals surface area contributed by atoms with Crippen LogP contribution in [0.2, 0.25) is 0 Å². The zero-order chi connectivity index (χ0) is 7.40. The summed E-state index contributed by atoms with van der Waals surface area (Å²) >= 11 is 0. The number of hydroxylamine groups is 2. The van der Waals surface area contributed by atoms with E-state index in [1.165, 1.54) is 5.06 Å². The molecule has 0 aromatic carbocycles. The third-order valence-electron chi connectivity index (χ3n) is 2.11. The predicted molar refractivity (Wildman–Crippen MR) is 36.7 cm³/mol. The molecule has 0 saturated carbocycles. The van der Waals surface area contributed by atoms with Gasteiger partial charge in [-0.05, 0) is 25.2 Å². The topological polar surface area (TPSA) is 23.5 Å². The van der Waals surface area contributed by atoms with Crippen molar-refractivity contribution in [2.45, 2.75) is 19.3 Å². The highest BCUT2D eigenvalue weighted by Crippen LogP contribution is 2.18. The van der Waals surface area contributed by atoms with Crippen molar-refractivity contribution >= 4 is 0 Å². The number of hydrogen-bond acceptors (Lipinski definition) is 2. The number of alkyl halides is 1. The van der Waals surface area contributed by atoms with Gasteiger partial charge in [0.1, 0.15) is 0 Å². The lowest BCUT2D eigenvalue weighted by Crippen LogP contribution is -2.30. The van der Waals surface area contributed by atoms with Gasteiger partial charge in [0, 0.05) is 13.1 Å². The molecular weight excluding hydrogens is 133 g/mol. The molecule has 0 bridgehead atoms. The van der Waals surface area contributed by atoms with Gasteiger partial charge in [-0.3, -0.25) is 4.39 Å². The molecule has 0 spiro atoms. The van der Waals surface area contributed by atoms with Gasteiger partial charge in [-0.2, -0.15) is 5.06 Å². The second-order valence-electron chi connectivity index (χ2n) is 2.87. The van der Waals surface area contributed by atoms with Crippen LogP contribution in [0.15, 0.2) is 0 Å². The van der Waals surface area contributed by atoms with Gasteiger partial charge < -0.3 is 5.21 Å². The summed E-state index contributed by atoms with van der Waals surface area (Å²) in [6.07, 6.45) is 2.56. The maximum atomic E-state index is 11.8. The van der Waals surface area contributed by atoms with Crippen LogP contribution in [0.4, 0.5) is 4.39 Å². The lowest BCUT2D eigenvalue weighted by atomic mass is 9.95. The molecule has 1 rings (SSSR count). The Kier molecular flexibility index (Phi) is 3.09. The van der Waals surface area contributed by atoms with Gasteiger partial charge in [0.25, 0.3) is 0 Å². The Morgan fingerprint density at radius 2 is 2.00 bits per heavy atom. The number of halogens is 1. The van der Waals surface area contributed by atoms with Crippen LogP contribution in [0, 0.1) is 5.92 Å². The van der Waals surface area contributed by atoms with E-state index >= 15 is 0 Å². The molecule has 0 aliphatic carbocycles. The highest BCUT2D eigenvalue weighted by atomic mass is 19.1. The van der Waals surface area contributed by atoms with Crippen LogP contribution in [-0.4, -0.2) is 30.0 Å². The highest BCUT2D eigenvalue weighted by Gasteiger charge is 2.16. The molecule has 1 heterocycles. The first-order valence-electron chi connectivity index (χ1n) is 3.82. The monoisotopic (exact) mass is 147 g/mol. The summed E-state index contributed by atoms with van der Waals surface area (Å²) in [4.78, 5) is 0. The first-order chi connectivity index (χ1) is 4.83. The molecule has 0 unspecified atom stereocenters. The van der Waals surface area contributed by atoms with E-state index in [0.29, 0.717) is 25.4 Å². The minimum atomic E-state index is -0.212. The number of hydrogen-bond donors (Lipinski definition) is 1. The standard InChI is InChI=1S/C7H14FNO/c8-4-1-7-2-5-9(10)6-3-7/h7,10H,1-6H2. The number of piperidine rings is 1. The molecule has 1 saturated heterocycles. The Labute approximate surface area is 60.6 Å². The van der Waals surface area contributed by atoms with Gasteiger partial charge in [-0.25, -0.2) is 0 Å². The minimum absolute atomic E-state index is 0.212. The number of rotatable bonds is 2. The van der Waals surface area contributed by atoms with Crippen molar-refractivity contribution in [2.24, 2.45) is 5.92 Å². The fourth-order valence-electron chi connectivity index (χ4n) is 1.36. The normalized spacial score (nSPS) is 23.4. The largest absolute Gasteiger partial charge is 0.314 e. The van der Waals surface area contributed by atoms with E-state index in [9.17, 15) is 4.39 Å². The SMILES string of the molecule is ON1CCC(CCF)CC1. The van der Waals surface area contributed by atoms with Crippen LogP contribution >= 0.6 is 0 Å². The first-order valence-corrected chi connectivity index (χ1v) is 3.82. The molecule has 0 atom stereocenters. The Morgan fingerprint density at radius 1 is 1.40 bits per heavy atom. The smallest absolute Gasteiger partial charge is 0.0897 e. The maximum Gasteiger partial charge on any atom is 0.0897 e. The predicted octanol–water partition coefficient (Wildman–Crippen LogP) is 1.45. The van der Waals surface area contributed by atoms with Crippen LogP contribution < -0.4 is 0 Å². The zero-order valence-electron chi connectivity index (χ0n) is 6.09. The summed E-state index contributed by atoms with van der Waals surface area (Å²) in [7, 11) is 0. The van der Waals surface area contributed by atoms with Crippen molar-refractivity contribution in [1.29, 1.82) is 0 Å². The van der Waals surface area contributed by atoms with Crippen LogP contribution in [-0.2, 0) is 0 Å². The Bertz CT molecular complexity index is 91.6.